The molecule has 0 N–H and O–H groups in total. The summed E-state index contributed by atoms with van der Waals surface area (Å²) in [4.78, 5) is 12.3. The topological polar surface area (TPSA) is 57.0 Å². The van der Waals surface area contributed by atoms with Crippen LogP contribution in [0.25, 0.3) is 11.3 Å². The second-order valence-corrected chi connectivity index (χ2v) is 3.08. The molecule has 0 radical (unpaired) electrons. The Morgan fingerprint density at radius 2 is 2.12 bits per heavy atom. The lowest BCUT2D eigenvalue weighted by Crippen LogP contribution is -2.16. The van der Waals surface area contributed by atoms with Crippen molar-refractivity contribution in [2.75, 3.05) is 6.61 Å². The fourth-order valence-electron chi connectivity index (χ4n) is 1.27. The maximum absolute atomic E-state index is 11.3. The lowest BCUT2D eigenvalue weighted by atomic mass is 10.2. The predicted octanol–water partition coefficient (Wildman–Crippen LogP) is 1.95. The van der Waals surface area contributed by atoms with Gasteiger partial charge >= 0.3 is 6.09 Å². The average Bonchev–Trinajstić information content (AvgIpc) is 2.80. The summed E-state index contributed by atoms with van der Waals surface area (Å²) in [5.74, 6) is 0. The van der Waals surface area contributed by atoms with Gasteiger partial charge < -0.3 is 4.74 Å². The van der Waals surface area contributed by atoms with Crippen LogP contribution >= 0.6 is 0 Å². The molecule has 1 aromatic carbocycles. The number of benzene rings is 1. The van der Waals surface area contributed by atoms with E-state index in [0.29, 0.717) is 12.3 Å². The molecule has 0 bridgehead atoms. The highest BCUT2D eigenvalue weighted by Crippen LogP contribution is 2.14. The number of nitrogens with zero attached hydrogens (tertiary/aromatic N) is 3. The second-order valence-electron chi connectivity index (χ2n) is 3.08. The fourth-order valence-corrected chi connectivity index (χ4v) is 1.27. The molecule has 0 spiro atoms. The van der Waals surface area contributed by atoms with Crippen LogP contribution in [-0.4, -0.2) is 27.7 Å². The van der Waals surface area contributed by atoms with E-state index in [9.17, 15) is 4.79 Å². The van der Waals surface area contributed by atoms with Crippen LogP contribution in [0.4, 0.5) is 4.79 Å². The molecule has 0 aliphatic carbocycles. The van der Waals surface area contributed by atoms with Crippen LogP contribution in [0.3, 0.4) is 0 Å². The van der Waals surface area contributed by atoms with E-state index in [2.05, 4.69) is 10.2 Å². The van der Waals surface area contributed by atoms with Gasteiger partial charge in [-0.05, 0) is 6.92 Å². The Kier molecular flexibility index (Phi) is 2.95. The zero-order valence-electron chi connectivity index (χ0n) is 8.83. The molecule has 2 aromatic rings. The molecule has 0 saturated heterocycles. The normalized spacial score (nSPS) is 10.1. The van der Waals surface area contributed by atoms with Gasteiger partial charge in [-0.15, -0.1) is 5.10 Å². The standard InChI is InChI=1S/C11H11N3O2/c1-2-16-11(15)14-12-8-10(13-14)9-6-4-3-5-7-9/h3-8H,2H2,1H3. The number of rotatable bonds is 2. The highest BCUT2D eigenvalue weighted by atomic mass is 16.6. The van der Waals surface area contributed by atoms with Crippen LogP contribution in [0, 0.1) is 0 Å². The first kappa shape index (κ1) is 10.4. The van der Waals surface area contributed by atoms with E-state index in [4.69, 9.17) is 4.74 Å². The summed E-state index contributed by atoms with van der Waals surface area (Å²) in [5.41, 5.74) is 1.56. The summed E-state index contributed by atoms with van der Waals surface area (Å²) in [6, 6.07) is 9.52. The minimum atomic E-state index is -0.565. The van der Waals surface area contributed by atoms with Crippen LogP contribution in [0.15, 0.2) is 36.5 Å². The third-order valence-electron chi connectivity index (χ3n) is 1.99. The van der Waals surface area contributed by atoms with Crippen molar-refractivity contribution in [1.29, 1.82) is 0 Å². The van der Waals surface area contributed by atoms with E-state index in [1.54, 1.807) is 6.92 Å². The number of hydrogen-bond donors (Lipinski definition) is 0. The van der Waals surface area contributed by atoms with E-state index >= 15 is 0 Å². The largest absolute Gasteiger partial charge is 0.452 e. The van der Waals surface area contributed by atoms with E-state index in [-0.39, 0.29) is 0 Å². The van der Waals surface area contributed by atoms with Crippen LogP contribution in [0.2, 0.25) is 0 Å². The third-order valence-corrected chi connectivity index (χ3v) is 1.99. The van der Waals surface area contributed by atoms with Crippen molar-refractivity contribution >= 4 is 6.09 Å². The van der Waals surface area contributed by atoms with Gasteiger partial charge in [-0.25, -0.2) is 4.79 Å². The summed E-state index contributed by atoms with van der Waals surface area (Å²) < 4.78 is 4.78. The Labute approximate surface area is 92.7 Å². The van der Waals surface area contributed by atoms with E-state index in [1.165, 1.54) is 6.20 Å². The predicted molar refractivity (Wildman–Crippen MR) is 57.9 cm³/mol. The molecule has 0 aliphatic rings. The van der Waals surface area contributed by atoms with Gasteiger partial charge in [0.15, 0.2) is 0 Å². The Bertz CT molecular complexity index is 479. The molecule has 5 nitrogen and oxygen atoms in total. The Hall–Kier alpha value is -2.17. The molecule has 16 heavy (non-hydrogen) atoms. The Morgan fingerprint density at radius 1 is 1.38 bits per heavy atom. The number of carbonyl (C=O) groups is 1. The van der Waals surface area contributed by atoms with Crippen molar-refractivity contribution in [2.45, 2.75) is 6.92 Å². The van der Waals surface area contributed by atoms with Gasteiger partial charge in [0.05, 0.1) is 12.8 Å². The molecular weight excluding hydrogens is 206 g/mol. The van der Waals surface area contributed by atoms with Crippen molar-refractivity contribution in [3.05, 3.63) is 36.5 Å². The summed E-state index contributed by atoms with van der Waals surface area (Å²) in [5, 5.41) is 7.87. The monoisotopic (exact) mass is 217 g/mol. The minimum Gasteiger partial charge on any atom is -0.447 e. The first-order valence-electron chi connectivity index (χ1n) is 4.96. The summed E-state index contributed by atoms with van der Waals surface area (Å²) >= 11 is 0. The Balaban J connectivity index is 2.23. The molecule has 1 aromatic heterocycles. The molecule has 5 heteroatoms. The molecule has 0 aliphatic heterocycles. The molecule has 82 valence electrons. The first-order valence-corrected chi connectivity index (χ1v) is 4.96. The third kappa shape index (κ3) is 2.08. The van der Waals surface area contributed by atoms with Crippen molar-refractivity contribution in [2.24, 2.45) is 0 Å². The maximum Gasteiger partial charge on any atom is 0.452 e. The molecule has 2 rings (SSSR count). The van der Waals surface area contributed by atoms with Crippen LogP contribution in [0.1, 0.15) is 6.92 Å². The lowest BCUT2D eigenvalue weighted by Gasteiger charge is -1.97. The van der Waals surface area contributed by atoms with Crippen LogP contribution in [0.5, 0.6) is 0 Å². The number of ether oxygens (including phenoxy) is 1. The molecule has 0 atom stereocenters. The summed E-state index contributed by atoms with van der Waals surface area (Å²) in [6.45, 7) is 2.04. The lowest BCUT2D eigenvalue weighted by molar-refractivity contribution is 0.146. The van der Waals surface area contributed by atoms with Crippen LogP contribution < -0.4 is 0 Å². The van der Waals surface area contributed by atoms with Crippen molar-refractivity contribution in [3.8, 4) is 11.3 Å². The number of aromatic nitrogens is 3. The molecule has 0 fully saturated rings. The van der Waals surface area contributed by atoms with Crippen molar-refractivity contribution < 1.29 is 9.53 Å². The van der Waals surface area contributed by atoms with Gasteiger partial charge in [-0.3, -0.25) is 0 Å². The van der Waals surface area contributed by atoms with Crippen molar-refractivity contribution in [3.63, 3.8) is 0 Å². The summed E-state index contributed by atoms with van der Waals surface area (Å²) in [6.07, 6.45) is 0.969. The molecular formula is C11H11N3O2. The zero-order valence-corrected chi connectivity index (χ0v) is 8.83. The highest BCUT2D eigenvalue weighted by molar-refractivity contribution is 5.69. The second kappa shape index (κ2) is 4.57. The Morgan fingerprint density at radius 3 is 2.81 bits per heavy atom. The van der Waals surface area contributed by atoms with Gasteiger partial charge in [-0.1, -0.05) is 35.1 Å². The van der Waals surface area contributed by atoms with Gasteiger partial charge in [-0.2, -0.15) is 5.10 Å². The van der Waals surface area contributed by atoms with E-state index < -0.39 is 6.09 Å². The maximum atomic E-state index is 11.3. The number of carbonyl (C=O) groups excluding carboxylic acids is 1. The zero-order chi connectivity index (χ0) is 11.4. The number of hydrogen-bond acceptors (Lipinski definition) is 4. The van der Waals surface area contributed by atoms with Gasteiger partial charge in [0.2, 0.25) is 0 Å². The SMILES string of the molecule is CCOC(=O)n1ncc(-c2ccccc2)n1. The van der Waals surface area contributed by atoms with E-state index in [0.717, 1.165) is 10.4 Å². The smallest absolute Gasteiger partial charge is 0.447 e. The summed E-state index contributed by atoms with van der Waals surface area (Å²) in [7, 11) is 0. The first-order chi connectivity index (χ1) is 7.81. The van der Waals surface area contributed by atoms with Crippen molar-refractivity contribution in [1.82, 2.24) is 15.0 Å². The highest BCUT2D eigenvalue weighted by Gasteiger charge is 2.09. The van der Waals surface area contributed by atoms with E-state index in [1.807, 2.05) is 30.3 Å². The minimum absolute atomic E-state index is 0.307. The molecule has 1 heterocycles. The molecule has 0 saturated carbocycles. The molecule has 0 unspecified atom stereocenters. The average molecular weight is 217 g/mol. The molecule has 0 amide bonds. The fraction of sp³-hybridized carbons (Fsp3) is 0.182. The van der Waals surface area contributed by atoms with Gasteiger partial charge in [0.1, 0.15) is 5.69 Å². The quantitative estimate of drug-likeness (QED) is 0.771. The van der Waals surface area contributed by atoms with Gasteiger partial charge in [0.25, 0.3) is 0 Å². The van der Waals surface area contributed by atoms with Gasteiger partial charge in [0, 0.05) is 5.56 Å². The van der Waals surface area contributed by atoms with Crippen LogP contribution in [-0.2, 0) is 4.74 Å².